The van der Waals surface area contributed by atoms with Gasteiger partial charge in [-0.25, -0.2) is 0 Å². The number of rotatable bonds is 6. The number of thiophene rings is 2. The summed E-state index contributed by atoms with van der Waals surface area (Å²) >= 11 is 3.75. The van der Waals surface area contributed by atoms with E-state index in [0.717, 1.165) is 17.1 Å². The lowest BCUT2D eigenvalue weighted by molar-refractivity contribution is 1.29. The second kappa shape index (κ2) is 13.1. The van der Waals surface area contributed by atoms with Crippen LogP contribution in [0.2, 0.25) is 0 Å². The van der Waals surface area contributed by atoms with E-state index in [0.29, 0.717) is 0 Å². The van der Waals surface area contributed by atoms with Crippen LogP contribution in [-0.4, -0.2) is 0 Å². The maximum absolute atomic E-state index is 2.45. The number of hydrogen-bond acceptors (Lipinski definition) is 3. The maximum Gasteiger partial charge on any atom is 0.0476 e. The van der Waals surface area contributed by atoms with Crippen LogP contribution < -0.4 is 4.90 Å². The Morgan fingerprint density at radius 2 is 0.855 bits per heavy atom. The van der Waals surface area contributed by atoms with E-state index in [9.17, 15) is 0 Å². The lowest BCUT2D eigenvalue weighted by Gasteiger charge is -2.27. The van der Waals surface area contributed by atoms with Crippen LogP contribution in [0.3, 0.4) is 0 Å². The Balaban J connectivity index is 1.18. The summed E-state index contributed by atoms with van der Waals surface area (Å²) in [7, 11) is 0. The molecule has 0 spiro atoms. The number of nitrogens with zero attached hydrogens (tertiary/aromatic N) is 1. The minimum absolute atomic E-state index is 1.11. The maximum atomic E-state index is 2.45. The summed E-state index contributed by atoms with van der Waals surface area (Å²) in [5, 5.41) is 7.71. The summed E-state index contributed by atoms with van der Waals surface area (Å²) in [4.78, 5) is 2.45. The van der Waals surface area contributed by atoms with Gasteiger partial charge >= 0.3 is 0 Å². The van der Waals surface area contributed by atoms with Crippen molar-refractivity contribution in [2.45, 2.75) is 0 Å². The molecule has 0 N–H and O–H groups in total. The van der Waals surface area contributed by atoms with Gasteiger partial charge in [-0.3, -0.25) is 0 Å². The van der Waals surface area contributed by atoms with Crippen molar-refractivity contribution >= 4 is 90.9 Å². The summed E-state index contributed by atoms with van der Waals surface area (Å²) < 4.78 is 5.22. The molecule has 3 heteroatoms. The van der Waals surface area contributed by atoms with Crippen LogP contribution in [0.1, 0.15) is 0 Å². The number of anilines is 3. The van der Waals surface area contributed by atoms with Gasteiger partial charge in [0.2, 0.25) is 0 Å². The van der Waals surface area contributed by atoms with E-state index in [2.05, 4.69) is 205 Å². The summed E-state index contributed by atoms with van der Waals surface area (Å²) in [6.07, 6.45) is 0. The summed E-state index contributed by atoms with van der Waals surface area (Å²) in [6, 6.07) is 73.6. The third-order valence-electron chi connectivity index (χ3n) is 10.8. The number of fused-ring (bicyclic) bond motifs is 7. The quantitative estimate of drug-likeness (QED) is 0.164. The Labute approximate surface area is 327 Å². The molecule has 1 nitrogen and oxygen atoms in total. The molecule has 0 saturated carbocycles. The molecule has 11 aromatic rings. The van der Waals surface area contributed by atoms with E-state index in [1.54, 1.807) is 0 Å². The molecule has 0 aliphatic heterocycles. The van der Waals surface area contributed by atoms with Crippen LogP contribution in [0.25, 0.3) is 84.5 Å². The molecule has 0 radical (unpaired) electrons. The monoisotopic (exact) mass is 735 g/mol. The molecule has 2 aromatic heterocycles. The highest BCUT2D eigenvalue weighted by Gasteiger charge is 2.20. The lowest BCUT2D eigenvalue weighted by Crippen LogP contribution is -2.10. The van der Waals surface area contributed by atoms with E-state index in [1.807, 2.05) is 22.7 Å². The van der Waals surface area contributed by atoms with Gasteiger partial charge in [0.05, 0.1) is 0 Å². The van der Waals surface area contributed by atoms with Gasteiger partial charge in [0.15, 0.2) is 0 Å². The van der Waals surface area contributed by atoms with Gasteiger partial charge in [-0.1, -0.05) is 146 Å². The van der Waals surface area contributed by atoms with E-state index in [1.165, 1.54) is 84.5 Å². The molecule has 0 saturated heterocycles. The fourth-order valence-corrected chi connectivity index (χ4v) is 10.6. The highest BCUT2D eigenvalue weighted by Crippen LogP contribution is 2.46. The van der Waals surface area contributed by atoms with Gasteiger partial charge in [-0.2, -0.15) is 0 Å². The fraction of sp³-hybridized carbons (Fsp3) is 0. The van der Waals surface area contributed by atoms with Gasteiger partial charge in [0.1, 0.15) is 0 Å². The molecule has 0 bridgehead atoms. The van der Waals surface area contributed by atoms with Gasteiger partial charge < -0.3 is 4.90 Å². The van der Waals surface area contributed by atoms with Crippen LogP contribution in [0.5, 0.6) is 0 Å². The van der Waals surface area contributed by atoms with Crippen molar-refractivity contribution in [2.75, 3.05) is 4.90 Å². The van der Waals surface area contributed by atoms with Crippen molar-refractivity contribution in [1.82, 2.24) is 0 Å². The predicted molar refractivity (Wildman–Crippen MR) is 241 cm³/mol. The minimum atomic E-state index is 1.11. The molecule has 0 unspecified atom stereocenters. The standard InChI is InChI=1S/C52H33NS2/c1-2-12-34(13-3-1)35-24-26-39(27-25-35)53(40-28-29-47-45-17-6-8-22-49(45)54-51(47)33-40)41-31-37(43-19-10-15-36-14-4-5-16-42(36)43)30-38(32-41)44-20-11-21-48-46-18-7-9-23-50(46)55-52(44)48/h1-33H. The van der Waals surface area contributed by atoms with Crippen LogP contribution in [0, 0.1) is 0 Å². The minimum Gasteiger partial charge on any atom is -0.310 e. The first-order chi connectivity index (χ1) is 27.2. The summed E-state index contributed by atoms with van der Waals surface area (Å²) in [6.45, 7) is 0. The first-order valence-corrected chi connectivity index (χ1v) is 20.3. The van der Waals surface area contributed by atoms with Crippen molar-refractivity contribution in [3.8, 4) is 33.4 Å². The molecular weight excluding hydrogens is 703 g/mol. The fourth-order valence-electron chi connectivity index (χ4n) is 8.24. The average molecular weight is 736 g/mol. The zero-order valence-electron chi connectivity index (χ0n) is 29.8. The molecule has 9 aromatic carbocycles. The smallest absolute Gasteiger partial charge is 0.0476 e. The van der Waals surface area contributed by atoms with Crippen LogP contribution in [-0.2, 0) is 0 Å². The molecule has 0 aliphatic carbocycles. The van der Waals surface area contributed by atoms with Crippen LogP contribution in [0.15, 0.2) is 200 Å². The third-order valence-corrected chi connectivity index (χ3v) is 13.2. The topological polar surface area (TPSA) is 3.24 Å². The Morgan fingerprint density at radius 1 is 0.291 bits per heavy atom. The SMILES string of the molecule is c1ccc(-c2ccc(N(c3cc(-c4cccc5ccccc45)cc(-c4cccc5c4sc4ccccc45)c3)c3ccc4c(c3)sc3ccccc34)cc2)cc1. The predicted octanol–water partition coefficient (Wildman–Crippen LogP) is 16.0. The highest BCUT2D eigenvalue weighted by atomic mass is 32.1. The zero-order chi connectivity index (χ0) is 36.3. The number of hydrogen-bond donors (Lipinski definition) is 0. The van der Waals surface area contributed by atoms with Crippen LogP contribution in [0.4, 0.5) is 17.1 Å². The molecule has 0 aliphatic rings. The normalized spacial score (nSPS) is 11.6. The van der Waals surface area contributed by atoms with E-state index in [-0.39, 0.29) is 0 Å². The van der Waals surface area contributed by atoms with E-state index >= 15 is 0 Å². The third kappa shape index (κ3) is 5.51. The number of benzene rings is 9. The van der Waals surface area contributed by atoms with E-state index < -0.39 is 0 Å². The Kier molecular flexibility index (Phi) is 7.61. The van der Waals surface area contributed by atoms with Crippen molar-refractivity contribution in [3.05, 3.63) is 200 Å². The molecular formula is C52H33NS2. The molecule has 11 rings (SSSR count). The Bertz CT molecular complexity index is 3200. The van der Waals surface area contributed by atoms with Crippen molar-refractivity contribution in [3.63, 3.8) is 0 Å². The van der Waals surface area contributed by atoms with Crippen molar-refractivity contribution < 1.29 is 0 Å². The second-order valence-electron chi connectivity index (χ2n) is 14.1. The van der Waals surface area contributed by atoms with Crippen molar-refractivity contribution in [2.24, 2.45) is 0 Å². The summed E-state index contributed by atoms with van der Waals surface area (Å²) in [5.41, 5.74) is 10.6. The molecule has 55 heavy (non-hydrogen) atoms. The molecule has 2 heterocycles. The van der Waals surface area contributed by atoms with Gasteiger partial charge in [-0.15, -0.1) is 22.7 Å². The van der Waals surface area contributed by atoms with Crippen molar-refractivity contribution in [1.29, 1.82) is 0 Å². The first-order valence-electron chi connectivity index (χ1n) is 18.7. The first kappa shape index (κ1) is 32.0. The van der Waals surface area contributed by atoms with E-state index in [4.69, 9.17) is 0 Å². The molecule has 258 valence electrons. The second-order valence-corrected chi connectivity index (χ2v) is 16.2. The highest BCUT2D eigenvalue weighted by molar-refractivity contribution is 7.26. The largest absolute Gasteiger partial charge is 0.310 e. The molecule has 0 atom stereocenters. The van der Waals surface area contributed by atoms with Crippen LogP contribution >= 0.6 is 22.7 Å². The van der Waals surface area contributed by atoms with Gasteiger partial charge in [0.25, 0.3) is 0 Å². The summed E-state index contributed by atoms with van der Waals surface area (Å²) in [5.74, 6) is 0. The zero-order valence-corrected chi connectivity index (χ0v) is 31.4. The Morgan fingerprint density at radius 3 is 1.67 bits per heavy atom. The van der Waals surface area contributed by atoms with Gasteiger partial charge in [0, 0.05) is 57.4 Å². The van der Waals surface area contributed by atoms with Gasteiger partial charge in [-0.05, 0) is 98.8 Å². The molecule has 0 fully saturated rings. The molecule has 0 amide bonds. The average Bonchev–Trinajstić information content (AvgIpc) is 3.82. The Hall–Kier alpha value is -6.52. The lowest BCUT2D eigenvalue weighted by atomic mass is 9.93.